The van der Waals surface area contributed by atoms with E-state index < -0.39 is 0 Å². The highest BCUT2D eigenvalue weighted by atomic mass is 16.1. The largest absolute Gasteiger partial charge is 0.383 e. The normalized spacial score (nSPS) is 12.7. The number of aromatic nitrogens is 4. The van der Waals surface area contributed by atoms with E-state index in [0.29, 0.717) is 17.8 Å². The molecular formula is C27H21N5O. The second-order valence-electron chi connectivity index (χ2n) is 8.33. The molecule has 0 atom stereocenters. The monoisotopic (exact) mass is 431 g/mol. The number of H-pyrrole nitrogens is 1. The van der Waals surface area contributed by atoms with E-state index in [0.717, 1.165) is 50.4 Å². The minimum atomic E-state index is -0.0883. The standard InChI is InChI=1S/C27H21N5O/c1-16-30-24-10-9-22(14-25(24)31-16)32-27(28)23(15-29-32)26(33)21-12-19-8-7-18(11-20(19)13-21)17-5-3-2-4-6-17/h2-12,14-15H,13,28H2,1H3,(H,30,31). The molecule has 0 aliphatic heterocycles. The van der Waals surface area contributed by atoms with Crippen molar-refractivity contribution in [2.24, 2.45) is 0 Å². The number of carbonyl (C=O) groups is 1. The molecule has 0 fully saturated rings. The molecule has 6 heteroatoms. The summed E-state index contributed by atoms with van der Waals surface area (Å²) in [6.07, 6.45) is 4.10. The van der Waals surface area contributed by atoms with Crippen molar-refractivity contribution in [3.63, 3.8) is 0 Å². The number of benzene rings is 3. The number of hydrogen-bond acceptors (Lipinski definition) is 4. The molecule has 1 aliphatic rings. The van der Waals surface area contributed by atoms with Crippen LogP contribution in [0.4, 0.5) is 5.82 Å². The summed E-state index contributed by atoms with van der Waals surface area (Å²) in [6.45, 7) is 1.91. The third kappa shape index (κ3) is 3.24. The van der Waals surface area contributed by atoms with Gasteiger partial charge in [0, 0.05) is 12.0 Å². The van der Waals surface area contributed by atoms with Crippen molar-refractivity contribution in [2.75, 3.05) is 5.73 Å². The molecule has 0 bridgehead atoms. The number of allylic oxidation sites excluding steroid dienone is 1. The number of nitrogens with zero attached hydrogens (tertiary/aromatic N) is 3. The first kappa shape index (κ1) is 19.3. The number of fused-ring (bicyclic) bond motifs is 2. The third-order valence-electron chi connectivity index (χ3n) is 6.13. The van der Waals surface area contributed by atoms with Gasteiger partial charge in [-0.25, -0.2) is 9.67 Å². The Balaban J connectivity index is 1.29. The van der Waals surface area contributed by atoms with Crippen molar-refractivity contribution >= 4 is 28.7 Å². The van der Waals surface area contributed by atoms with E-state index >= 15 is 0 Å². The van der Waals surface area contributed by atoms with Crippen LogP contribution in [-0.2, 0) is 6.42 Å². The fourth-order valence-electron chi connectivity index (χ4n) is 4.47. The Morgan fingerprint density at radius 1 is 1.03 bits per heavy atom. The van der Waals surface area contributed by atoms with Crippen molar-refractivity contribution in [1.82, 2.24) is 19.7 Å². The van der Waals surface area contributed by atoms with Crippen molar-refractivity contribution in [2.45, 2.75) is 13.3 Å². The number of Topliss-reactive ketones (excluding diaryl/α,β-unsaturated/α-hetero) is 1. The van der Waals surface area contributed by atoms with Gasteiger partial charge >= 0.3 is 0 Å². The van der Waals surface area contributed by atoms with Gasteiger partial charge in [0.2, 0.25) is 0 Å². The van der Waals surface area contributed by atoms with Gasteiger partial charge in [0.05, 0.1) is 28.5 Å². The number of nitrogens with one attached hydrogen (secondary N) is 1. The maximum atomic E-state index is 13.3. The summed E-state index contributed by atoms with van der Waals surface area (Å²) in [5, 5.41) is 4.40. The van der Waals surface area contributed by atoms with E-state index in [4.69, 9.17) is 5.73 Å². The molecule has 2 aromatic heterocycles. The first-order chi connectivity index (χ1) is 16.1. The SMILES string of the molecule is Cc1nc2ccc(-n3ncc(C(=O)C4=Cc5ccc(-c6ccccc6)cc5C4)c3N)cc2[nH]1. The number of ketones is 1. The second-order valence-corrected chi connectivity index (χ2v) is 8.33. The summed E-state index contributed by atoms with van der Waals surface area (Å²) in [5.74, 6) is 1.08. The summed E-state index contributed by atoms with van der Waals surface area (Å²) in [6, 6.07) is 22.3. The molecule has 0 radical (unpaired) electrons. The summed E-state index contributed by atoms with van der Waals surface area (Å²) in [7, 11) is 0. The lowest BCUT2D eigenvalue weighted by Gasteiger charge is -2.06. The van der Waals surface area contributed by atoms with Gasteiger partial charge in [0.15, 0.2) is 5.78 Å². The number of imidazole rings is 1. The highest BCUT2D eigenvalue weighted by Crippen LogP contribution is 2.32. The van der Waals surface area contributed by atoms with E-state index in [2.05, 4.69) is 45.4 Å². The number of rotatable bonds is 4. The predicted octanol–water partition coefficient (Wildman–Crippen LogP) is 5.13. The number of hydrogen-bond donors (Lipinski definition) is 2. The number of carbonyl (C=O) groups excluding carboxylic acids is 1. The molecule has 0 saturated carbocycles. The topological polar surface area (TPSA) is 89.6 Å². The first-order valence-electron chi connectivity index (χ1n) is 10.8. The van der Waals surface area contributed by atoms with Gasteiger partial charge in [-0.3, -0.25) is 4.79 Å². The molecule has 0 saturated heterocycles. The van der Waals surface area contributed by atoms with Gasteiger partial charge in [-0.15, -0.1) is 0 Å². The smallest absolute Gasteiger partial charge is 0.194 e. The Hall–Kier alpha value is -4.45. The highest BCUT2D eigenvalue weighted by molar-refractivity contribution is 6.15. The average molecular weight is 431 g/mol. The van der Waals surface area contributed by atoms with Crippen LogP contribution in [-0.4, -0.2) is 25.5 Å². The van der Waals surface area contributed by atoms with Crippen LogP contribution in [0.2, 0.25) is 0 Å². The Bertz CT molecular complexity index is 1570. The predicted molar refractivity (Wildman–Crippen MR) is 130 cm³/mol. The molecule has 160 valence electrons. The van der Waals surface area contributed by atoms with Crippen LogP contribution < -0.4 is 5.73 Å². The lowest BCUT2D eigenvalue weighted by atomic mass is 9.99. The summed E-state index contributed by atoms with van der Waals surface area (Å²) < 4.78 is 1.60. The second kappa shape index (κ2) is 7.31. The zero-order valence-corrected chi connectivity index (χ0v) is 18.0. The number of anilines is 1. The molecule has 0 unspecified atom stereocenters. The van der Waals surface area contributed by atoms with Gasteiger partial charge < -0.3 is 10.7 Å². The van der Waals surface area contributed by atoms with E-state index in [1.807, 2.05) is 49.4 Å². The van der Waals surface area contributed by atoms with Crippen LogP contribution in [0.1, 0.15) is 27.3 Å². The minimum absolute atomic E-state index is 0.0883. The van der Waals surface area contributed by atoms with Crippen molar-refractivity contribution in [3.05, 3.63) is 101 Å². The molecule has 0 amide bonds. The van der Waals surface area contributed by atoms with E-state index in [9.17, 15) is 4.79 Å². The number of nitrogens with two attached hydrogens (primary N) is 1. The molecule has 1 aliphatic carbocycles. The first-order valence-corrected chi connectivity index (χ1v) is 10.8. The highest BCUT2D eigenvalue weighted by Gasteiger charge is 2.24. The van der Waals surface area contributed by atoms with Gasteiger partial charge in [-0.2, -0.15) is 5.10 Å². The molecule has 6 rings (SSSR count). The van der Waals surface area contributed by atoms with Crippen LogP contribution in [0.15, 0.2) is 78.5 Å². The van der Waals surface area contributed by atoms with Crippen molar-refractivity contribution in [1.29, 1.82) is 0 Å². The minimum Gasteiger partial charge on any atom is -0.383 e. The molecule has 2 heterocycles. The Morgan fingerprint density at radius 2 is 1.88 bits per heavy atom. The average Bonchev–Trinajstić information content (AvgIpc) is 3.53. The van der Waals surface area contributed by atoms with Crippen molar-refractivity contribution < 1.29 is 4.79 Å². The van der Waals surface area contributed by atoms with Gasteiger partial charge in [0.25, 0.3) is 0 Å². The summed E-state index contributed by atoms with van der Waals surface area (Å²) in [4.78, 5) is 21.0. The number of nitrogen functional groups attached to an aromatic ring is 1. The Labute approximate surface area is 190 Å². The van der Waals surface area contributed by atoms with Gasteiger partial charge in [-0.1, -0.05) is 48.5 Å². The van der Waals surface area contributed by atoms with Crippen LogP contribution >= 0.6 is 0 Å². The van der Waals surface area contributed by atoms with Crippen LogP contribution in [0.3, 0.4) is 0 Å². The molecule has 6 nitrogen and oxygen atoms in total. The van der Waals surface area contributed by atoms with E-state index in [1.165, 1.54) is 0 Å². The fraction of sp³-hybridized carbons (Fsp3) is 0.0741. The number of aromatic amines is 1. The number of aryl methyl sites for hydroxylation is 1. The van der Waals surface area contributed by atoms with E-state index in [-0.39, 0.29) is 5.78 Å². The molecule has 3 aromatic carbocycles. The summed E-state index contributed by atoms with van der Waals surface area (Å²) >= 11 is 0. The molecule has 5 aromatic rings. The van der Waals surface area contributed by atoms with Gasteiger partial charge in [0.1, 0.15) is 11.6 Å². The molecule has 33 heavy (non-hydrogen) atoms. The summed E-state index contributed by atoms with van der Waals surface area (Å²) in [5.41, 5.74) is 14.6. The lowest BCUT2D eigenvalue weighted by molar-refractivity contribution is 0.103. The Morgan fingerprint density at radius 3 is 2.73 bits per heavy atom. The molecule has 0 spiro atoms. The zero-order valence-electron chi connectivity index (χ0n) is 18.0. The van der Waals surface area contributed by atoms with E-state index in [1.54, 1.807) is 10.9 Å². The van der Waals surface area contributed by atoms with Gasteiger partial charge in [-0.05, 0) is 53.5 Å². The fourth-order valence-corrected chi connectivity index (χ4v) is 4.47. The molecular weight excluding hydrogens is 410 g/mol. The third-order valence-corrected chi connectivity index (χ3v) is 6.13. The van der Waals surface area contributed by atoms with Crippen LogP contribution in [0, 0.1) is 6.92 Å². The van der Waals surface area contributed by atoms with Crippen molar-refractivity contribution in [3.8, 4) is 16.8 Å². The molecule has 3 N–H and O–H groups in total. The van der Waals surface area contributed by atoms with Crippen LogP contribution in [0.25, 0.3) is 33.9 Å². The quantitative estimate of drug-likeness (QED) is 0.386. The van der Waals surface area contributed by atoms with Crippen LogP contribution in [0.5, 0.6) is 0 Å². The lowest BCUT2D eigenvalue weighted by Crippen LogP contribution is -2.08. The Kier molecular flexibility index (Phi) is 4.26. The maximum Gasteiger partial charge on any atom is 0.194 e. The maximum absolute atomic E-state index is 13.3. The zero-order chi connectivity index (χ0) is 22.5.